The zero-order valence-electron chi connectivity index (χ0n) is 9.66. The number of aryl methyl sites for hydroxylation is 1. The number of hydrogen-bond donors (Lipinski definition) is 1. The minimum absolute atomic E-state index is 0.0136. The van der Waals surface area contributed by atoms with Gasteiger partial charge in [-0.3, -0.25) is 4.79 Å². The van der Waals surface area contributed by atoms with Gasteiger partial charge in [-0.2, -0.15) is 0 Å². The number of carbonyl (C=O) groups is 1. The maximum absolute atomic E-state index is 13.1. The van der Waals surface area contributed by atoms with Crippen molar-refractivity contribution in [2.24, 2.45) is 0 Å². The largest absolute Gasteiger partial charge is 0.360 e. The summed E-state index contributed by atoms with van der Waals surface area (Å²) in [6.45, 7) is 1.91. The van der Waals surface area contributed by atoms with Gasteiger partial charge in [-0.25, -0.2) is 4.39 Å². The molecule has 3 rings (SSSR count). The van der Waals surface area contributed by atoms with E-state index in [0.717, 1.165) is 15.8 Å². The Hall–Kier alpha value is -1.94. The molecule has 3 aromatic rings. The van der Waals surface area contributed by atoms with Crippen molar-refractivity contribution in [2.45, 2.75) is 6.92 Å². The van der Waals surface area contributed by atoms with E-state index in [2.05, 4.69) is 4.98 Å². The summed E-state index contributed by atoms with van der Waals surface area (Å²) in [5.41, 5.74) is 2.21. The summed E-state index contributed by atoms with van der Waals surface area (Å²) < 4.78 is 13.1. The molecule has 4 heteroatoms. The van der Waals surface area contributed by atoms with Gasteiger partial charge in [-0.15, -0.1) is 11.3 Å². The number of aromatic nitrogens is 1. The number of thiophene rings is 1. The number of H-pyrrole nitrogens is 1. The van der Waals surface area contributed by atoms with Crippen LogP contribution in [0.3, 0.4) is 0 Å². The fourth-order valence-electron chi connectivity index (χ4n) is 2.01. The van der Waals surface area contributed by atoms with E-state index in [4.69, 9.17) is 0 Å². The van der Waals surface area contributed by atoms with Crippen LogP contribution in [0.2, 0.25) is 0 Å². The number of rotatable bonds is 2. The fraction of sp³-hybridized carbons (Fsp3) is 0.0714. The van der Waals surface area contributed by atoms with Crippen LogP contribution >= 0.6 is 11.3 Å². The Morgan fingerprint density at radius 2 is 2.17 bits per heavy atom. The molecule has 0 saturated carbocycles. The molecule has 1 aromatic carbocycles. The van der Waals surface area contributed by atoms with Gasteiger partial charge in [-0.05, 0) is 42.1 Å². The first-order chi connectivity index (χ1) is 8.66. The Bertz CT molecular complexity index is 741. The molecule has 2 nitrogen and oxygen atoms in total. The van der Waals surface area contributed by atoms with E-state index in [9.17, 15) is 9.18 Å². The molecule has 0 aliphatic carbocycles. The van der Waals surface area contributed by atoms with Crippen molar-refractivity contribution < 1.29 is 9.18 Å². The predicted molar refractivity (Wildman–Crippen MR) is 70.7 cm³/mol. The minimum Gasteiger partial charge on any atom is -0.360 e. The zero-order chi connectivity index (χ0) is 12.7. The summed E-state index contributed by atoms with van der Waals surface area (Å²) in [5.74, 6) is -0.323. The van der Waals surface area contributed by atoms with Crippen molar-refractivity contribution >= 4 is 28.0 Å². The molecule has 0 radical (unpaired) electrons. The SMILES string of the molecule is Cc1ccsc1C(=O)c1c[nH]c2cc(F)ccc12. The molecule has 1 N–H and O–H groups in total. The van der Waals surface area contributed by atoms with Gasteiger partial charge in [0.25, 0.3) is 0 Å². The van der Waals surface area contributed by atoms with E-state index < -0.39 is 0 Å². The molecule has 0 bridgehead atoms. The van der Waals surface area contributed by atoms with Crippen LogP contribution in [0.15, 0.2) is 35.8 Å². The highest BCUT2D eigenvalue weighted by Crippen LogP contribution is 2.25. The van der Waals surface area contributed by atoms with Crippen LogP contribution in [0.25, 0.3) is 10.9 Å². The topological polar surface area (TPSA) is 32.9 Å². The molecular weight excluding hydrogens is 249 g/mol. The summed E-state index contributed by atoms with van der Waals surface area (Å²) in [6, 6.07) is 6.32. The highest BCUT2D eigenvalue weighted by Gasteiger charge is 2.17. The summed E-state index contributed by atoms with van der Waals surface area (Å²) in [4.78, 5) is 16.1. The molecule has 0 aliphatic heterocycles. The highest BCUT2D eigenvalue weighted by molar-refractivity contribution is 7.12. The Balaban J connectivity index is 2.16. The van der Waals surface area contributed by atoms with Crippen LogP contribution in [-0.4, -0.2) is 10.8 Å². The van der Waals surface area contributed by atoms with E-state index in [0.29, 0.717) is 11.1 Å². The van der Waals surface area contributed by atoms with Crippen LogP contribution in [0, 0.1) is 12.7 Å². The number of carbonyl (C=O) groups excluding carboxylic acids is 1. The molecule has 2 heterocycles. The Morgan fingerprint density at radius 3 is 2.89 bits per heavy atom. The molecule has 2 aromatic heterocycles. The third-order valence-corrected chi connectivity index (χ3v) is 3.97. The summed E-state index contributed by atoms with van der Waals surface area (Å²) in [5, 5.41) is 2.66. The van der Waals surface area contributed by atoms with Crippen molar-refractivity contribution in [1.29, 1.82) is 0 Å². The number of ketones is 1. The lowest BCUT2D eigenvalue weighted by Crippen LogP contribution is -1.99. The quantitative estimate of drug-likeness (QED) is 0.695. The molecule has 0 atom stereocenters. The maximum atomic E-state index is 13.1. The van der Waals surface area contributed by atoms with Gasteiger partial charge in [-0.1, -0.05) is 0 Å². The Labute approximate surface area is 107 Å². The lowest BCUT2D eigenvalue weighted by atomic mass is 10.1. The zero-order valence-corrected chi connectivity index (χ0v) is 10.5. The van der Waals surface area contributed by atoms with Crippen molar-refractivity contribution in [3.8, 4) is 0 Å². The number of nitrogens with one attached hydrogen (secondary N) is 1. The molecule has 0 fully saturated rings. The van der Waals surface area contributed by atoms with E-state index in [1.54, 1.807) is 12.3 Å². The van der Waals surface area contributed by atoms with Gasteiger partial charge in [0.05, 0.1) is 4.88 Å². The predicted octanol–water partition coefficient (Wildman–Crippen LogP) is 3.91. The Morgan fingerprint density at radius 1 is 1.33 bits per heavy atom. The van der Waals surface area contributed by atoms with Crippen molar-refractivity contribution in [3.63, 3.8) is 0 Å². The number of fused-ring (bicyclic) bond motifs is 1. The molecule has 18 heavy (non-hydrogen) atoms. The molecule has 0 amide bonds. The molecule has 0 spiro atoms. The van der Waals surface area contributed by atoms with Crippen LogP contribution in [0.4, 0.5) is 4.39 Å². The molecular formula is C14H10FNOS. The lowest BCUT2D eigenvalue weighted by molar-refractivity contribution is 0.104. The number of aromatic amines is 1. The van der Waals surface area contributed by atoms with Gasteiger partial charge >= 0.3 is 0 Å². The van der Waals surface area contributed by atoms with E-state index >= 15 is 0 Å². The first kappa shape index (κ1) is 11.2. The summed E-state index contributed by atoms with van der Waals surface area (Å²) in [7, 11) is 0. The second-order valence-corrected chi connectivity index (χ2v) is 5.07. The van der Waals surface area contributed by atoms with Crippen LogP contribution in [-0.2, 0) is 0 Å². The normalized spacial score (nSPS) is 11.0. The number of halogens is 1. The van der Waals surface area contributed by atoms with Gasteiger partial charge < -0.3 is 4.98 Å². The van der Waals surface area contributed by atoms with Crippen molar-refractivity contribution in [2.75, 3.05) is 0 Å². The van der Waals surface area contributed by atoms with Crippen LogP contribution in [0.5, 0.6) is 0 Å². The third-order valence-electron chi connectivity index (χ3n) is 2.96. The van der Waals surface area contributed by atoms with Gasteiger partial charge in [0.1, 0.15) is 5.82 Å². The first-order valence-electron chi connectivity index (χ1n) is 5.52. The van der Waals surface area contributed by atoms with Crippen molar-refractivity contribution in [3.05, 3.63) is 57.7 Å². The molecule has 0 aliphatic rings. The smallest absolute Gasteiger partial charge is 0.205 e. The van der Waals surface area contributed by atoms with E-state index in [1.165, 1.54) is 23.5 Å². The van der Waals surface area contributed by atoms with E-state index in [1.807, 2.05) is 18.4 Å². The maximum Gasteiger partial charge on any atom is 0.205 e. The third kappa shape index (κ3) is 1.66. The second kappa shape index (κ2) is 4.07. The molecule has 0 saturated heterocycles. The first-order valence-corrected chi connectivity index (χ1v) is 6.40. The van der Waals surface area contributed by atoms with Crippen LogP contribution in [0.1, 0.15) is 20.8 Å². The fourth-order valence-corrected chi connectivity index (χ4v) is 2.89. The van der Waals surface area contributed by atoms with Gasteiger partial charge in [0, 0.05) is 22.7 Å². The van der Waals surface area contributed by atoms with Crippen molar-refractivity contribution in [1.82, 2.24) is 4.98 Å². The van der Waals surface area contributed by atoms with Crippen LogP contribution < -0.4 is 0 Å². The monoisotopic (exact) mass is 259 g/mol. The van der Waals surface area contributed by atoms with E-state index in [-0.39, 0.29) is 11.6 Å². The summed E-state index contributed by atoms with van der Waals surface area (Å²) in [6.07, 6.45) is 1.64. The minimum atomic E-state index is -0.310. The second-order valence-electron chi connectivity index (χ2n) is 4.15. The Kier molecular flexibility index (Phi) is 2.52. The molecule has 90 valence electrons. The highest BCUT2D eigenvalue weighted by atomic mass is 32.1. The number of benzene rings is 1. The average Bonchev–Trinajstić information content (AvgIpc) is 2.94. The molecule has 0 unspecified atom stereocenters. The standard InChI is InChI=1S/C14H10FNOS/c1-8-4-5-18-14(8)13(17)11-7-16-12-6-9(15)2-3-10(11)12/h2-7,16H,1H3. The van der Waals surface area contributed by atoms with Gasteiger partial charge in [0.15, 0.2) is 0 Å². The lowest BCUT2D eigenvalue weighted by Gasteiger charge is -1.98. The number of hydrogen-bond acceptors (Lipinski definition) is 2. The average molecular weight is 259 g/mol. The van der Waals surface area contributed by atoms with Gasteiger partial charge in [0.2, 0.25) is 5.78 Å². The summed E-state index contributed by atoms with van der Waals surface area (Å²) >= 11 is 1.43.